The largest absolute Gasteiger partial charge is 0.389 e. The number of rotatable bonds is 4. The normalized spacial score (nSPS) is 10.0. The van der Waals surface area contributed by atoms with Gasteiger partial charge in [-0.2, -0.15) is 0 Å². The standard InChI is InChI=1S/C14H16N4S/c1-18(2)11-7-5-10(6-8-11)17-14-12(13(15)19)4-3-9-16-14/h3-9H,1-2H3,(H2,15,19)(H,16,17). The highest BCUT2D eigenvalue weighted by Gasteiger charge is 2.06. The summed E-state index contributed by atoms with van der Waals surface area (Å²) in [5.74, 6) is 0.674. The van der Waals surface area contributed by atoms with Crippen LogP contribution in [0.1, 0.15) is 5.56 Å². The van der Waals surface area contributed by atoms with E-state index >= 15 is 0 Å². The first kappa shape index (κ1) is 13.3. The number of nitrogens with two attached hydrogens (primary N) is 1. The number of hydrogen-bond acceptors (Lipinski definition) is 4. The van der Waals surface area contributed by atoms with Gasteiger partial charge in [-0.25, -0.2) is 4.98 Å². The number of thiocarbonyl (C=S) groups is 1. The van der Waals surface area contributed by atoms with Gasteiger partial charge in [0.15, 0.2) is 0 Å². The van der Waals surface area contributed by atoms with Gasteiger partial charge in [-0.1, -0.05) is 12.2 Å². The lowest BCUT2D eigenvalue weighted by atomic mass is 10.2. The molecule has 0 aliphatic heterocycles. The van der Waals surface area contributed by atoms with Gasteiger partial charge < -0.3 is 16.0 Å². The predicted molar refractivity (Wildman–Crippen MR) is 84.2 cm³/mol. The van der Waals surface area contributed by atoms with Crippen LogP contribution in [0.25, 0.3) is 0 Å². The van der Waals surface area contributed by atoms with E-state index in [1.807, 2.05) is 55.4 Å². The summed E-state index contributed by atoms with van der Waals surface area (Å²) in [6.45, 7) is 0. The molecule has 0 amide bonds. The molecule has 0 saturated heterocycles. The van der Waals surface area contributed by atoms with Crippen LogP contribution in [0.4, 0.5) is 17.2 Å². The molecule has 98 valence electrons. The molecule has 4 nitrogen and oxygen atoms in total. The van der Waals surface area contributed by atoms with Crippen molar-refractivity contribution in [2.45, 2.75) is 0 Å². The highest BCUT2D eigenvalue weighted by molar-refractivity contribution is 7.80. The Bertz CT molecular complexity index is 578. The fourth-order valence-corrected chi connectivity index (χ4v) is 1.85. The summed E-state index contributed by atoms with van der Waals surface area (Å²) in [5, 5.41) is 3.22. The lowest BCUT2D eigenvalue weighted by Gasteiger charge is -2.14. The Hall–Kier alpha value is -2.14. The van der Waals surface area contributed by atoms with Gasteiger partial charge >= 0.3 is 0 Å². The Morgan fingerprint density at radius 3 is 2.47 bits per heavy atom. The quantitative estimate of drug-likeness (QED) is 0.838. The van der Waals surface area contributed by atoms with Crippen molar-refractivity contribution in [3.05, 3.63) is 48.2 Å². The second-order valence-corrected chi connectivity index (χ2v) is 4.77. The minimum absolute atomic E-state index is 0.334. The van der Waals surface area contributed by atoms with Gasteiger partial charge in [0, 0.05) is 31.7 Å². The van der Waals surface area contributed by atoms with E-state index < -0.39 is 0 Å². The van der Waals surface area contributed by atoms with Crippen LogP contribution in [0.2, 0.25) is 0 Å². The Morgan fingerprint density at radius 1 is 1.21 bits per heavy atom. The molecule has 1 aromatic heterocycles. The fraction of sp³-hybridized carbons (Fsp3) is 0.143. The van der Waals surface area contributed by atoms with Gasteiger partial charge in [-0.15, -0.1) is 0 Å². The molecule has 19 heavy (non-hydrogen) atoms. The molecule has 1 heterocycles. The van der Waals surface area contributed by atoms with Gasteiger partial charge in [0.1, 0.15) is 10.8 Å². The Labute approximate surface area is 118 Å². The van der Waals surface area contributed by atoms with Crippen molar-refractivity contribution in [1.82, 2.24) is 4.98 Å². The number of nitrogens with zero attached hydrogens (tertiary/aromatic N) is 2. The second kappa shape index (κ2) is 5.67. The molecule has 0 atom stereocenters. The molecule has 1 aromatic carbocycles. The molecule has 3 N–H and O–H groups in total. The Balaban J connectivity index is 2.24. The fourth-order valence-electron chi connectivity index (χ4n) is 1.68. The van der Waals surface area contributed by atoms with Crippen LogP contribution < -0.4 is 16.0 Å². The van der Waals surface area contributed by atoms with E-state index in [1.54, 1.807) is 6.20 Å². The summed E-state index contributed by atoms with van der Waals surface area (Å²) < 4.78 is 0. The van der Waals surface area contributed by atoms with Crippen LogP contribution in [0.15, 0.2) is 42.6 Å². The van der Waals surface area contributed by atoms with E-state index in [0.29, 0.717) is 10.8 Å². The number of nitrogens with one attached hydrogen (secondary N) is 1. The average molecular weight is 272 g/mol. The van der Waals surface area contributed by atoms with Crippen molar-refractivity contribution in [2.24, 2.45) is 5.73 Å². The zero-order valence-corrected chi connectivity index (χ0v) is 11.7. The SMILES string of the molecule is CN(C)c1ccc(Nc2ncccc2C(N)=S)cc1. The first-order valence-electron chi connectivity index (χ1n) is 5.87. The molecular weight excluding hydrogens is 256 g/mol. The lowest BCUT2D eigenvalue weighted by molar-refractivity contribution is 1.13. The summed E-state index contributed by atoms with van der Waals surface area (Å²) >= 11 is 5.01. The summed E-state index contributed by atoms with van der Waals surface area (Å²) in [7, 11) is 4.01. The van der Waals surface area contributed by atoms with Crippen molar-refractivity contribution >= 4 is 34.4 Å². The van der Waals surface area contributed by atoms with Gasteiger partial charge in [-0.05, 0) is 36.4 Å². The van der Waals surface area contributed by atoms with Crippen LogP contribution >= 0.6 is 12.2 Å². The topological polar surface area (TPSA) is 54.2 Å². The first-order chi connectivity index (χ1) is 9.08. The van der Waals surface area contributed by atoms with Crippen molar-refractivity contribution in [1.29, 1.82) is 0 Å². The Kier molecular flexibility index (Phi) is 3.97. The summed E-state index contributed by atoms with van der Waals surface area (Å²) in [6.07, 6.45) is 1.71. The summed E-state index contributed by atoms with van der Waals surface area (Å²) in [5.41, 5.74) is 8.51. The number of benzene rings is 1. The number of pyridine rings is 1. The molecule has 0 saturated carbocycles. The molecule has 0 spiro atoms. The molecule has 0 aliphatic rings. The van der Waals surface area contributed by atoms with Gasteiger partial charge in [0.2, 0.25) is 0 Å². The first-order valence-corrected chi connectivity index (χ1v) is 6.28. The Morgan fingerprint density at radius 2 is 1.89 bits per heavy atom. The third-order valence-electron chi connectivity index (χ3n) is 2.72. The molecular formula is C14H16N4S. The van der Waals surface area contributed by atoms with Gasteiger partial charge in [0.05, 0.1) is 5.56 Å². The number of anilines is 3. The van der Waals surface area contributed by atoms with E-state index in [0.717, 1.165) is 16.9 Å². The highest BCUT2D eigenvalue weighted by Crippen LogP contribution is 2.21. The van der Waals surface area contributed by atoms with E-state index in [2.05, 4.69) is 10.3 Å². The van der Waals surface area contributed by atoms with Gasteiger partial charge in [0.25, 0.3) is 0 Å². The third-order valence-corrected chi connectivity index (χ3v) is 2.94. The van der Waals surface area contributed by atoms with Crippen molar-refractivity contribution in [2.75, 3.05) is 24.3 Å². The summed E-state index contributed by atoms with van der Waals surface area (Å²) in [4.78, 5) is 6.64. The zero-order chi connectivity index (χ0) is 13.8. The minimum atomic E-state index is 0.334. The lowest BCUT2D eigenvalue weighted by Crippen LogP contribution is -2.12. The summed E-state index contributed by atoms with van der Waals surface area (Å²) in [6, 6.07) is 11.7. The van der Waals surface area contributed by atoms with Crippen LogP contribution in [0.5, 0.6) is 0 Å². The smallest absolute Gasteiger partial charge is 0.140 e. The van der Waals surface area contributed by atoms with Crippen LogP contribution in [0.3, 0.4) is 0 Å². The van der Waals surface area contributed by atoms with Crippen molar-refractivity contribution in [3.8, 4) is 0 Å². The van der Waals surface area contributed by atoms with Crippen molar-refractivity contribution < 1.29 is 0 Å². The molecule has 0 fully saturated rings. The monoisotopic (exact) mass is 272 g/mol. The second-order valence-electron chi connectivity index (χ2n) is 4.33. The minimum Gasteiger partial charge on any atom is -0.389 e. The van der Waals surface area contributed by atoms with Crippen LogP contribution in [0, 0.1) is 0 Å². The van der Waals surface area contributed by atoms with E-state index in [9.17, 15) is 0 Å². The molecule has 0 bridgehead atoms. The van der Waals surface area contributed by atoms with E-state index in [4.69, 9.17) is 18.0 Å². The molecule has 0 radical (unpaired) electrons. The predicted octanol–water partition coefficient (Wildman–Crippen LogP) is 2.53. The van der Waals surface area contributed by atoms with Crippen LogP contribution in [-0.4, -0.2) is 24.1 Å². The highest BCUT2D eigenvalue weighted by atomic mass is 32.1. The van der Waals surface area contributed by atoms with Gasteiger partial charge in [-0.3, -0.25) is 0 Å². The molecule has 0 aliphatic carbocycles. The maximum absolute atomic E-state index is 5.68. The number of hydrogen-bond donors (Lipinski definition) is 2. The van der Waals surface area contributed by atoms with Crippen LogP contribution in [-0.2, 0) is 0 Å². The number of aromatic nitrogens is 1. The molecule has 0 unspecified atom stereocenters. The molecule has 5 heteroatoms. The third kappa shape index (κ3) is 3.20. The van der Waals surface area contributed by atoms with E-state index in [-0.39, 0.29) is 0 Å². The van der Waals surface area contributed by atoms with E-state index in [1.165, 1.54) is 0 Å². The molecule has 2 aromatic rings. The average Bonchev–Trinajstić information content (AvgIpc) is 2.39. The van der Waals surface area contributed by atoms with Crippen molar-refractivity contribution in [3.63, 3.8) is 0 Å². The maximum atomic E-state index is 5.68. The maximum Gasteiger partial charge on any atom is 0.140 e. The zero-order valence-electron chi connectivity index (χ0n) is 10.9. The molecule has 2 rings (SSSR count).